The van der Waals surface area contributed by atoms with Gasteiger partial charge in [0, 0.05) is 24.6 Å². The summed E-state index contributed by atoms with van der Waals surface area (Å²) in [5.74, 6) is 2.54. The molecule has 2 heterocycles. The van der Waals surface area contributed by atoms with Crippen LogP contribution < -0.4 is 4.74 Å². The fraction of sp³-hybridized carbons (Fsp3) is 0.560. The molecule has 2 unspecified atom stereocenters. The zero-order chi connectivity index (χ0) is 24.2. The van der Waals surface area contributed by atoms with E-state index in [1.807, 2.05) is 38.2 Å². The molecule has 1 N–H and O–H groups in total. The number of tetrazole rings is 1. The van der Waals surface area contributed by atoms with E-state index in [4.69, 9.17) is 14.0 Å². The van der Waals surface area contributed by atoms with Crippen molar-refractivity contribution in [3.05, 3.63) is 41.3 Å². The van der Waals surface area contributed by atoms with Crippen LogP contribution >= 0.6 is 0 Å². The van der Waals surface area contributed by atoms with Crippen molar-refractivity contribution in [1.82, 2.24) is 30.7 Å². The molecule has 10 heteroatoms. The fourth-order valence-corrected chi connectivity index (χ4v) is 5.18. The topological polar surface area (TPSA) is 119 Å². The molecule has 186 valence electrons. The summed E-state index contributed by atoms with van der Waals surface area (Å²) in [6.07, 6.45) is 8.23. The van der Waals surface area contributed by atoms with Gasteiger partial charge in [0.1, 0.15) is 12.4 Å². The van der Waals surface area contributed by atoms with Gasteiger partial charge in [0.05, 0.1) is 17.4 Å². The third kappa shape index (κ3) is 5.31. The molecular weight excluding hydrogens is 448 g/mol. The Bertz CT molecular complexity index is 1110. The molecule has 0 aliphatic heterocycles. The summed E-state index contributed by atoms with van der Waals surface area (Å²) in [6, 6.07) is 8.05. The number of benzene rings is 1. The molecule has 2 aliphatic rings. The molecule has 2 aliphatic carbocycles. The average molecular weight is 481 g/mol. The molecule has 3 aromatic rings. The summed E-state index contributed by atoms with van der Waals surface area (Å²) in [5, 5.41) is 18.5. The van der Waals surface area contributed by atoms with Gasteiger partial charge in [0.25, 0.3) is 0 Å². The van der Waals surface area contributed by atoms with Crippen LogP contribution in [0, 0.1) is 6.92 Å². The molecule has 0 saturated heterocycles. The molecule has 2 saturated carbocycles. The van der Waals surface area contributed by atoms with Gasteiger partial charge < -0.3 is 18.9 Å². The molecule has 1 aromatic carbocycles. The second-order valence-corrected chi connectivity index (χ2v) is 9.59. The fourth-order valence-electron chi connectivity index (χ4n) is 5.18. The first-order valence-electron chi connectivity index (χ1n) is 12.4. The van der Waals surface area contributed by atoms with Crippen LogP contribution in [0.2, 0.25) is 0 Å². The normalized spacial score (nSPS) is 20.6. The van der Waals surface area contributed by atoms with Crippen molar-refractivity contribution in [3.63, 3.8) is 0 Å². The molecule has 2 atom stereocenters. The minimum Gasteiger partial charge on any atom is -0.490 e. The van der Waals surface area contributed by atoms with Crippen LogP contribution in [0.4, 0.5) is 4.79 Å². The largest absolute Gasteiger partial charge is 0.490 e. The maximum atomic E-state index is 12.5. The van der Waals surface area contributed by atoms with Gasteiger partial charge in [-0.3, -0.25) is 0 Å². The third-order valence-corrected chi connectivity index (χ3v) is 7.28. The second kappa shape index (κ2) is 10.5. The monoisotopic (exact) mass is 480 g/mol. The first kappa shape index (κ1) is 23.3. The van der Waals surface area contributed by atoms with E-state index in [1.54, 1.807) is 4.90 Å². The number of hydrogen-bond acceptors (Lipinski definition) is 8. The summed E-state index contributed by atoms with van der Waals surface area (Å²) < 4.78 is 17.5. The number of amides is 1. The predicted octanol–water partition coefficient (Wildman–Crippen LogP) is 4.78. The number of rotatable bonds is 7. The van der Waals surface area contributed by atoms with E-state index < -0.39 is 0 Å². The van der Waals surface area contributed by atoms with Gasteiger partial charge in [0.2, 0.25) is 0 Å². The molecular formula is C25H32N6O4. The Morgan fingerprint density at radius 2 is 1.94 bits per heavy atom. The van der Waals surface area contributed by atoms with Gasteiger partial charge in [-0.2, -0.15) is 0 Å². The highest BCUT2D eigenvalue weighted by atomic mass is 16.6. The van der Waals surface area contributed by atoms with Crippen LogP contribution in [0.5, 0.6) is 5.75 Å². The van der Waals surface area contributed by atoms with Crippen LogP contribution in [0.15, 0.2) is 28.8 Å². The molecule has 2 fully saturated rings. The average Bonchev–Trinajstić information content (AvgIpc) is 3.66. The molecule has 2 aromatic heterocycles. The van der Waals surface area contributed by atoms with E-state index in [1.165, 1.54) is 0 Å². The van der Waals surface area contributed by atoms with Crippen LogP contribution in [0.3, 0.4) is 0 Å². The molecule has 10 nitrogen and oxygen atoms in total. The lowest BCUT2D eigenvalue weighted by molar-refractivity contribution is 0.0917. The minimum atomic E-state index is -0.306. The van der Waals surface area contributed by atoms with Crippen LogP contribution in [-0.2, 0) is 11.3 Å². The lowest BCUT2D eigenvalue weighted by Crippen LogP contribution is -2.35. The third-order valence-electron chi connectivity index (χ3n) is 7.28. The van der Waals surface area contributed by atoms with Crippen molar-refractivity contribution in [1.29, 1.82) is 0 Å². The number of carbonyl (C=O) groups is 1. The zero-order valence-corrected chi connectivity index (χ0v) is 20.3. The van der Waals surface area contributed by atoms with E-state index in [-0.39, 0.29) is 30.8 Å². The summed E-state index contributed by atoms with van der Waals surface area (Å²) in [4.78, 5) is 14.3. The number of nitrogens with zero attached hydrogens (tertiary/aromatic N) is 5. The van der Waals surface area contributed by atoms with Gasteiger partial charge in [-0.25, -0.2) is 9.89 Å². The van der Waals surface area contributed by atoms with E-state index in [9.17, 15) is 4.79 Å². The van der Waals surface area contributed by atoms with Crippen LogP contribution in [0.1, 0.15) is 74.4 Å². The highest BCUT2D eigenvalue weighted by Gasteiger charge is 2.27. The number of aromatic amines is 1. The van der Waals surface area contributed by atoms with E-state index in [2.05, 4.69) is 25.8 Å². The molecule has 35 heavy (non-hydrogen) atoms. The van der Waals surface area contributed by atoms with Gasteiger partial charge in [-0.1, -0.05) is 18.0 Å². The standard InChI is InChI=1S/C25H32N6O4/c1-16-22(15-33-25(32)31(2)19-7-3-4-8-19)23(35-28-16)17-10-12-20(13-11-17)34-21-9-5-6-18(14-21)24-26-29-30-27-24/h10-13,18-19,21H,3-9,14-15H2,1-2H3,(H,26,27,29,30). The van der Waals surface area contributed by atoms with Gasteiger partial charge in [-0.05, 0) is 80.1 Å². The molecule has 0 radical (unpaired) electrons. The maximum absolute atomic E-state index is 12.5. The quantitative estimate of drug-likeness (QED) is 0.513. The zero-order valence-electron chi connectivity index (χ0n) is 20.3. The van der Waals surface area contributed by atoms with Crippen LogP contribution in [-0.4, -0.2) is 56.0 Å². The molecule has 5 rings (SSSR count). The Balaban J connectivity index is 1.20. The summed E-state index contributed by atoms with van der Waals surface area (Å²) in [7, 11) is 1.81. The van der Waals surface area contributed by atoms with Crippen molar-refractivity contribution in [2.75, 3.05) is 7.05 Å². The Morgan fingerprint density at radius 3 is 2.69 bits per heavy atom. The predicted molar refractivity (Wildman–Crippen MR) is 127 cm³/mol. The summed E-state index contributed by atoms with van der Waals surface area (Å²) in [6.45, 7) is 1.98. The van der Waals surface area contributed by atoms with Crippen molar-refractivity contribution in [2.24, 2.45) is 0 Å². The number of nitrogens with one attached hydrogen (secondary N) is 1. The minimum absolute atomic E-state index is 0.115. The van der Waals surface area contributed by atoms with Crippen molar-refractivity contribution >= 4 is 6.09 Å². The molecule has 0 bridgehead atoms. The molecule has 0 spiro atoms. The summed E-state index contributed by atoms with van der Waals surface area (Å²) >= 11 is 0. The number of hydrogen-bond donors (Lipinski definition) is 1. The summed E-state index contributed by atoms with van der Waals surface area (Å²) in [5.41, 5.74) is 2.36. The highest BCUT2D eigenvalue weighted by molar-refractivity contribution is 5.68. The van der Waals surface area contributed by atoms with E-state index in [0.717, 1.165) is 74.1 Å². The van der Waals surface area contributed by atoms with E-state index >= 15 is 0 Å². The van der Waals surface area contributed by atoms with Gasteiger partial charge in [-0.15, -0.1) is 5.10 Å². The Kier molecular flexibility index (Phi) is 6.96. The van der Waals surface area contributed by atoms with Gasteiger partial charge in [0.15, 0.2) is 11.6 Å². The number of aromatic nitrogens is 5. The van der Waals surface area contributed by atoms with Crippen LogP contribution in [0.25, 0.3) is 11.3 Å². The van der Waals surface area contributed by atoms with Gasteiger partial charge >= 0.3 is 6.09 Å². The number of carbonyl (C=O) groups excluding carboxylic acids is 1. The Labute approximate surface area is 204 Å². The molecule has 1 amide bonds. The first-order chi connectivity index (χ1) is 17.1. The van der Waals surface area contributed by atoms with E-state index in [0.29, 0.717) is 11.5 Å². The number of H-pyrrole nitrogens is 1. The first-order valence-corrected chi connectivity index (χ1v) is 12.4. The Morgan fingerprint density at radius 1 is 1.14 bits per heavy atom. The maximum Gasteiger partial charge on any atom is 0.410 e. The number of aryl methyl sites for hydroxylation is 1. The lowest BCUT2D eigenvalue weighted by atomic mass is 9.86. The lowest BCUT2D eigenvalue weighted by Gasteiger charge is -2.28. The SMILES string of the molecule is Cc1noc(-c2ccc(OC3CCCC(c4nnn[nH]4)C3)cc2)c1COC(=O)N(C)C1CCCC1. The Hall–Kier alpha value is -3.43. The highest BCUT2D eigenvalue weighted by Crippen LogP contribution is 2.34. The van der Waals surface area contributed by atoms with Crippen molar-refractivity contribution < 1.29 is 18.8 Å². The van der Waals surface area contributed by atoms with Crippen molar-refractivity contribution in [3.8, 4) is 17.1 Å². The smallest absolute Gasteiger partial charge is 0.410 e. The number of ether oxygens (including phenoxy) is 2. The van der Waals surface area contributed by atoms with Crippen molar-refractivity contribution in [2.45, 2.75) is 83.0 Å². The second-order valence-electron chi connectivity index (χ2n) is 9.59.